The lowest BCUT2D eigenvalue weighted by atomic mass is 10.0. The van der Waals surface area contributed by atoms with Crippen LogP contribution >= 0.6 is 12.4 Å². The molecule has 118 valence electrons. The Morgan fingerprint density at radius 2 is 1.82 bits per heavy atom. The number of nitrogens with two attached hydrogens (primary N) is 1. The summed E-state index contributed by atoms with van der Waals surface area (Å²) >= 11 is 0. The molecule has 0 bridgehead atoms. The minimum atomic E-state index is -0.148. The van der Waals surface area contributed by atoms with Crippen LogP contribution in [0.25, 0.3) is 11.1 Å². The van der Waals surface area contributed by atoms with Crippen LogP contribution in [0.1, 0.15) is 18.1 Å². The van der Waals surface area contributed by atoms with Crippen LogP contribution in [0.4, 0.5) is 0 Å². The van der Waals surface area contributed by atoms with E-state index in [-0.39, 0.29) is 24.2 Å². The topological polar surface area (TPSA) is 55.1 Å². The number of rotatable bonds is 5. The van der Waals surface area contributed by atoms with Crippen molar-refractivity contribution in [1.29, 1.82) is 0 Å². The number of halogens is 1. The monoisotopic (exact) mass is 318 g/mol. The van der Waals surface area contributed by atoms with Crippen molar-refractivity contribution in [3.8, 4) is 11.1 Å². The number of carbonyl (C=O) groups is 1. The van der Waals surface area contributed by atoms with Crippen LogP contribution in [-0.4, -0.2) is 12.5 Å². The molecule has 1 unspecified atom stereocenters. The van der Waals surface area contributed by atoms with Crippen LogP contribution in [0.5, 0.6) is 0 Å². The summed E-state index contributed by atoms with van der Waals surface area (Å²) < 4.78 is 0. The quantitative estimate of drug-likeness (QED) is 0.888. The Morgan fingerprint density at radius 1 is 1.14 bits per heavy atom. The summed E-state index contributed by atoms with van der Waals surface area (Å²) in [6, 6.07) is 16.7. The molecule has 0 saturated carbocycles. The second-order valence-electron chi connectivity index (χ2n) is 5.42. The van der Waals surface area contributed by atoms with Gasteiger partial charge in [0.05, 0.1) is 0 Å². The molecule has 0 fully saturated rings. The van der Waals surface area contributed by atoms with E-state index < -0.39 is 0 Å². The minimum absolute atomic E-state index is 0. The van der Waals surface area contributed by atoms with E-state index in [4.69, 9.17) is 5.73 Å². The van der Waals surface area contributed by atoms with E-state index in [1.807, 2.05) is 19.1 Å². The molecule has 0 heterocycles. The van der Waals surface area contributed by atoms with Gasteiger partial charge in [-0.15, -0.1) is 12.4 Å². The molecule has 0 aliphatic rings. The van der Waals surface area contributed by atoms with E-state index in [0.717, 1.165) is 11.1 Å². The molecule has 0 aromatic heterocycles. The molecule has 3 N–H and O–H groups in total. The fourth-order valence-corrected chi connectivity index (χ4v) is 2.08. The molecule has 4 heteroatoms. The number of hydrogen-bond donors (Lipinski definition) is 2. The lowest BCUT2D eigenvalue weighted by Crippen LogP contribution is -2.32. The summed E-state index contributed by atoms with van der Waals surface area (Å²) in [5.41, 5.74) is 10.2. The second kappa shape index (κ2) is 8.57. The van der Waals surface area contributed by atoms with Gasteiger partial charge in [-0.25, -0.2) is 0 Å². The first-order valence-corrected chi connectivity index (χ1v) is 7.24. The normalized spacial score (nSPS) is 11.4. The molecule has 22 heavy (non-hydrogen) atoms. The van der Waals surface area contributed by atoms with Gasteiger partial charge >= 0.3 is 0 Å². The van der Waals surface area contributed by atoms with E-state index in [1.165, 1.54) is 11.1 Å². The highest BCUT2D eigenvalue weighted by atomic mass is 35.5. The Morgan fingerprint density at radius 3 is 2.45 bits per heavy atom. The third-order valence-electron chi connectivity index (χ3n) is 3.58. The fraction of sp³-hybridized carbons (Fsp3) is 0.278. The van der Waals surface area contributed by atoms with Crippen molar-refractivity contribution in [2.45, 2.75) is 20.4 Å². The molecular weight excluding hydrogens is 296 g/mol. The average molecular weight is 319 g/mol. The summed E-state index contributed by atoms with van der Waals surface area (Å²) in [6.07, 6.45) is 0. The van der Waals surface area contributed by atoms with Gasteiger partial charge in [-0.05, 0) is 29.7 Å². The Kier molecular flexibility index (Phi) is 7.09. The highest BCUT2D eigenvalue weighted by Gasteiger charge is 2.09. The molecule has 0 radical (unpaired) electrons. The van der Waals surface area contributed by atoms with Gasteiger partial charge in [0, 0.05) is 19.0 Å². The first-order valence-electron chi connectivity index (χ1n) is 7.24. The molecule has 2 rings (SSSR count). The molecule has 0 aliphatic heterocycles. The van der Waals surface area contributed by atoms with Gasteiger partial charge in [-0.2, -0.15) is 0 Å². The van der Waals surface area contributed by atoms with Crippen molar-refractivity contribution in [2.75, 3.05) is 6.54 Å². The Balaban J connectivity index is 0.00000242. The van der Waals surface area contributed by atoms with Gasteiger partial charge in [-0.1, -0.05) is 55.0 Å². The molecule has 0 saturated heterocycles. The van der Waals surface area contributed by atoms with Gasteiger partial charge in [0.25, 0.3) is 0 Å². The van der Waals surface area contributed by atoms with E-state index in [9.17, 15) is 4.79 Å². The van der Waals surface area contributed by atoms with E-state index in [2.05, 4.69) is 48.6 Å². The van der Waals surface area contributed by atoms with Crippen LogP contribution in [-0.2, 0) is 11.3 Å². The Hall–Kier alpha value is -1.84. The summed E-state index contributed by atoms with van der Waals surface area (Å²) in [4.78, 5) is 11.7. The Labute approximate surface area is 138 Å². The zero-order valence-corrected chi connectivity index (χ0v) is 13.8. The molecule has 2 aromatic carbocycles. The zero-order valence-electron chi connectivity index (χ0n) is 13.0. The lowest BCUT2D eigenvalue weighted by molar-refractivity contribution is -0.124. The first kappa shape index (κ1) is 18.2. The third kappa shape index (κ3) is 4.86. The number of amides is 1. The summed E-state index contributed by atoms with van der Waals surface area (Å²) in [6.45, 7) is 4.81. The summed E-state index contributed by atoms with van der Waals surface area (Å²) in [5.74, 6) is -0.150. The van der Waals surface area contributed by atoms with Crippen molar-refractivity contribution in [1.82, 2.24) is 5.32 Å². The molecule has 1 amide bonds. The van der Waals surface area contributed by atoms with Crippen LogP contribution in [0, 0.1) is 12.8 Å². The van der Waals surface area contributed by atoms with Crippen molar-refractivity contribution in [2.24, 2.45) is 11.7 Å². The van der Waals surface area contributed by atoms with Gasteiger partial charge in [-0.3, -0.25) is 4.79 Å². The van der Waals surface area contributed by atoms with E-state index in [1.54, 1.807) is 0 Å². The SMILES string of the molecule is Cc1ccc(-c2cccc(CNC(=O)C(C)CN)c2)cc1.Cl. The van der Waals surface area contributed by atoms with Crippen molar-refractivity contribution in [3.05, 3.63) is 59.7 Å². The molecule has 3 nitrogen and oxygen atoms in total. The molecular formula is C18H23ClN2O. The predicted octanol–water partition coefficient (Wildman–Crippen LogP) is 3.29. The maximum Gasteiger partial charge on any atom is 0.224 e. The number of nitrogens with one attached hydrogen (secondary N) is 1. The molecule has 0 aliphatic carbocycles. The minimum Gasteiger partial charge on any atom is -0.352 e. The predicted molar refractivity (Wildman–Crippen MR) is 93.9 cm³/mol. The number of aryl methyl sites for hydroxylation is 1. The third-order valence-corrected chi connectivity index (χ3v) is 3.58. The smallest absolute Gasteiger partial charge is 0.224 e. The lowest BCUT2D eigenvalue weighted by Gasteiger charge is -2.11. The summed E-state index contributed by atoms with van der Waals surface area (Å²) in [7, 11) is 0. The zero-order chi connectivity index (χ0) is 15.2. The van der Waals surface area contributed by atoms with Crippen molar-refractivity contribution >= 4 is 18.3 Å². The van der Waals surface area contributed by atoms with Crippen LogP contribution < -0.4 is 11.1 Å². The molecule has 1 atom stereocenters. The van der Waals surface area contributed by atoms with Gasteiger partial charge < -0.3 is 11.1 Å². The number of carbonyl (C=O) groups excluding carboxylic acids is 1. The Bertz CT molecular complexity index is 611. The summed E-state index contributed by atoms with van der Waals surface area (Å²) in [5, 5.41) is 2.92. The van der Waals surface area contributed by atoms with Crippen molar-refractivity contribution in [3.63, 3.8) is 0 Å². The molecule has 2 aromatic rings. The largest absolute Gasteiger partial charge is 0.352 e. The van der Waals surface area contributed by atoms with Gasteiger partial charge in [0.15, 0.2) is 0 Å². The average Bonchev–Trinajstić information content (AvgIpc) is 2.52. The highest BCUT2D eigenvalue weighted by Crippen LogP contribution is 2.20. The first-order chi connectivity index (χ1) is 10.1. The van der Waals surface area contributed by atoms with E-state index in [0.29, 0.717) is 13.1 Å². The second-order valence-corrected chi connectivity index (χ2v) is 5.42. The standard InChI is InChI=1S/C18H22N2O.ClH/c1-13-6-8-16(9-7-13)17-5-3-4-15(10-17)12-20-18(21)14(2)11-19;/h3-10,14H,11-12,19H2,1-2H3,(H,20,21);1H. The maximum absolute atomic E-state index is 11.7. The fourth-order valence-electron chi connectivity index (χ4n) is 2.08. The molecule has 0 spiro atoms. The van der Waals surface area contributed by atoms with Gasteiger partial charge in [0.1, 0.15) is 0 Å². The maximum atomic E-state index is 11.7. The van der Waals surface area contributed by atoms with Gasteiger partial charge in [0.2, 0.25) is 5.91 Å². The van der Waals surface area contributed by atoms with Crippen molar-refractivity contribution < 1.29 is 4.79 Å². The number of benzene rings is 2. The van der Waals surface area contributed by atoms with E-state index >= 15 is 0 Å². The highest BCUT2D eigenvalue weighted by molar-refractivity contribution is 5.85. The van der Waals surface area contributed by atoms with Crippen LogP contribution in [0.2, 0.25) is 0 Å². The van der Waals surface area contributed by atoms with Crippen LogP contribution in [0.15, 0.2) is 48.5 Å². The number of hydrogen-bond acceptors (Lipinski definition) is 2. The van der Waals surface area contributed by atoms with Crippen LogP contribution in [0.3, 0.4) is 0 Å².